The van der Waals surface area contributed by atoms with Crippen molar-refractivity contribution in [3.05, 3.63) is 23.0 Å². The number of carbonyl (C=O) groups is 2. The van der Waals surface area contributed by atoms with Crippen LogP contribution in [0.1, 0.15) is 86.5 Å². The van der Waals surface area contributed by atoms with Gasteiger partial charge in [0.1, 0.15) is 11.4 Å². The number of nitriles is 1. The van der Waals surface area contributed by atoms with Crippen molar-refractivity contribution in [2.45, 2.75) is 92.1 Å². The van der Waals surface area contributed by atoms with Crippen LogP contribution in [0.15, 0.2) is 23.0 Å². The molecule has 6 heteroatoms. The summed E-state index contributed by atoms with van der Waals surface area (Å²) in [4.78, 5) is 27.1. The van der Waals surface area contributed by atoms with Crippen LogP contribution in [0.2, 0.25) is 0 Å². The van der Waals surface area contributed by atoms with Crippen molar-refractivity contribution < 1.29 is 24.5 Å². The van der Waals surface area contributed by atoms with E-state index in [9.17, 15) is 25.1 Å². The number of aliphatic hydroxyl groups excluding tert-OH is 1. The number of hydrogen-bond acceptors (Lipinski definition) is 6. The third-order valence-corrected chi connectivity index (χ3v) is 12.1. The van der Waals surface area contributed by atoms with Gasteiger partial charge in [0.15, 0.2) is 5.78 Å². The predicted octanol–water partition coefficient (Wildman–Crippen LogP) is 5.67. The van der Waals surface area contributed by atoms with Crippen LogP contribution in [0.4, 0.5) is 0 Å². The summed E-state index contributed by atoms with van der Waals surface area (Å²) in [5.41, 5.74) is -1.49. The van der Waals surface area contributed by atoms with Gasteiger partial charge in [-0.05, 0) is 86.0 Å². The third kappa shape index (κ3) is 3.32. The number of carbonyl (C=O) groups excluding carboxylic acids is 2. The first-order chi connectivity index (χ1) is 17.1. The Morgan fingerprint density at radius 1 is 1.08 bits per heavy atom. The first kappa shape index (κ1) is 26.5. The quantitative estimate of drug-likeness (QED) is 0.441. The van der Waals surface area contributed by atoms with Gasteiger partial charge >= 0.3 is 5.97 Å². The molecule has 0 aromatic rings. The lowest BCUT2D eigenvalue weighted by Gasteiger charge is -2.68. The van der Waals surface area contributed by atoms with Crippen LogP contribution in [0.3, 0.4) is 0 Å². The highest BCUT2D eigenvalue weighted by molar-refractivity contribution is 5.95. The van der Waals surface area contributed by atoms with Crippen LogP contribution in [0.25, 0.3) is 0 Å². The van der Waals surface area contributed by atoms with Crippen molar-refractivity contribution in [2.24, 2.45) is 51.2 Å². The molecule has 0 spiro atoms. The molecule has 3 saturated carbocycles. The van der Waals surface area contributed by atoms with E-state index < -0.39 is 11.0 Å². The predicted molar refractivity (Wildman–Crippen MR) is 139 cm³/mol. The van der Waals surface area contributed by atoms with E-state index in [2.05, 4.69) is 40.7 Å². The summed E-state index contributed by atoms with van der Waals surface area (Å²) in [5.74, 6) is -0.599. The van der Waals surface area contributed by atoms with Crippen molar-refractivity contribution >= 4 is 11.8 Å². The Hall–Kier alpha value is -2.13. The highest BCUT2D eigenvalue weighted by Crippen LogP contribution is 2.73. The van der Waals surface area contributed by atoms with Gasteiger partial charge in [-0.2, -0.15) is 5.26 Å². The molecule has 6 nitrogen and oxygen atoms in total. The molecule has 1 unspecified atom stereocenters. The molecule has 9 atom stereocenters. The Bertz CT molecular complexity index is 1160. The molecule has 0 heterocycles. The molecule has 2 N–H and O–H groups in total. The molecular formula is C31H43NO5. The topological polar surface area (TPSA) is 108 Å². The largest absolute Gasteiger partial charge is 0.508 e. The number of ether oxygens (including phenoxy) is 1. The molecule has 37 heavy (non-hydrogen) atoms. The standard InChI is InChI=1S/C31H43NO5/c1-27(2)14-19-18(20(15-27)26(35)37-7)8-10-30(5)24(19)21(33)12-23-28(3)13-17(16-32)25(34)31(6,36)22(28)9-11-29(23,30)4/h12,18-20,22,24,34,36H,8-11,13-15H2,1-7H3/t18?,19-,20-,22-,24+,28+,29-,30-,31-/m1/s1. The third-order valence-electron chi connectivity index (χ3n) is 12.1. The molecule has 0 bridgehead atoms. The number of ketones is 1. The second-order valence-corrected chi connectivity index (χ2v) is 14.5. The van der Waals surface area contributed by atoms with E-state index in [0.717, 1.165) is 37.7 Å². The Balaban J connectivity index is 1.64. The van der Waals surface area contributed by atoms with Crippen LogP contribution in [0, 0.1) is 62.6 Å². The molecule has 0 aliphatic heterocycles. The smallest absolute Gasteiger partial charge is 0.308 e. The molecule has 0 aromatic heterocycles. The lowest BCUT2D eigenvalue weighted by atomic mass is 9.35. The zero-order chi connectivity index (χ0) is 27.3. The average Bonchev–Trinajstić information content (AvgIpc) is 2.81. The van der Waals surface area contributed by atoms with Crippen molar-refractivity contribution in [2.75, 3.05) is 7.11 Å². The molecule has 3 fully saturated rings. The van der Waals surface area contributed by atoms with Crippen LogP contribution >= 0.6 is 0 Å². The summed E-state index contributed by atoms with van der Waals surface area (Å²) >= 11 is 0. The van der Waals surface area contributed by atoms with Crippen molar-refractivity contribution in [1.29, 1.82) is 5.26 Å². The van der Waals surface area contributed by atoms with Crippen molar-refractivity contribution in [1.82, 2.24) is 0 Å². The van der Waals surface area contributed by atoms with Crippen LogP contribution < -0.4 is 0 Å². The van der Waals surface area contributed by atoms with E-state index in [0.29, 0.717) is 12.8 Å². The summed E-state index contributed by atoms with van der Waals surface area (Å²) in [6.07, 6.45) is 7.17. The first-order valence-corrected chi connectivity index (χ1v) is 14.0. The zero-order valence-electron chi connectivity index (χ0n) is 23.5. The number of hydrogen-bond donors (Lipinski definition) is 2. The molecule has 5 rings (SSSR count). The summed E-state index contributed by atoms with van der Waals surface area (Å²) in [5, 5.41) is 32.0. The van der Waals surface area contributed by atoms with Crippen LogP contribution in [-0.4, -0.2) is 34.7 Å². The summed E-state index contributed by atoms with van der Waals surface area (Å²) in [6.45, 7) is 12.7. The van der Waals surface area contributed by atoms with Crippen LogP contribution in [-0.2, 0) is 14.3 Å². The SMILES string of the molecule is COC(=O)[C@@H]1CC(C)(C)C[C@@H]2C1CC[C@]1(C)[C@@H]2C(=O)C=C2[C@@]3(C)CC(C#N)=C(O)[C@](C)(O)[C@@H]3CC[C@]21C. The van der Waals surface area contributed by atoms with Crippen LogP contribution in [0.5, 0.6) is 0 Å². The lowest BCUT2D eigenvalue weighted by molar-refractivity contribution is -0.175. The van der Waals surface area contributed by atoms with Gasteiger partial charge in [0.25, 0.3) is 0 Å². The fraction of sp³-hybridized carbons (Fsp3) is 0.774. The second kappa shape index (κ2) is 7.94. The summed E-state index contributed by atoms with van der Waals surface area (Å²) < 4.78 is 5.24. The minimum atomic E-state index is -1.51. The maximum absolute atomic E-state index is 14.3. The van der Waals surface area contributed by atoms with E-state index in [4.69, 9.17) is 4.74 Å². The fourth-order valence-corrected chi connectivity index (χ4v) is 10.3. The Kier molecular flexibility index (Phi) is 5.68. The van der Waals surface area contributed by atoms with Gasteiger partial charge in [-0.1, -0.05) is 40.2 Å². The molecule has 5 aliphatic carbocycles. The molecule has 0 amide bonds. The molecular weight excluding hydrogens is 466 g/mol. The zero-order valence-corrected chi connectivity index (χ0v) is 23.5. The van der Waals surface area contributed by atoms with E-state index >= 15 is 0 Å². The van der Waals surface area contributed by atoms with Crippen molar-refractivity contribution in [3.63, 3.8) is 0 Å². The monoisotopic (exact) mass is 509 g/mol. The number of allylic oxidation sites excluding steroid dienone is 3. The van der Waals surface area contributed by atoms with Gasteiger partial charge in [0.05, 0.1) is 24.7 Å². The van der Waals surface area contributed by atoms with Gasteiger partial charge < -0.3 is 14.9 Å². The van der Waals surface area contributed by atoms with Gasteiger partial charge in [-0.15, -0.1) is 0 Å². The minimum Gasteiger partial charge on any atom is -0.508 e. The van der Waals surface area contributed by atoms with Gasteiger partial charge in [-0.25, -0.2) is 0 Å². The molecule has 202 valence electrons. The fourth-order valence-electron chi connectivity index (χ4n) is 10.3. The summed E-state index contributed by atoms with van der Waals surface area (Å²) in [6, 6.07) is 2.13. The normalized spacial score (nSPS) is 48.5. The van der Waals surface area contributed by atoms with E-state index in [1.54, 1.807) is 6.92 Å². The maximum Gasteiger partial charge on any atom is 0.308 e. The number of fused-ring (bicyclic) bond motifs is 7. The molecule has 5 aliphatic rings. The Labute approximate surface area is 221 Å². The maximum atomic E-state index is 14.3. The molecule has 0 saturated heterocycles. The van der Waals surface area contributed by atoms with E-state index in [1.807, 2.05) is 6.08 Å². The lowest BCUT2D eigenvalue weighted by Crippen LogP contribution is -2.64. The average molecular weight is 510 g/mol. The van der Waals surface area contributed by atoms with Crippen molar-refractivity contribution in [3.8, 4) is 6.07 Å². The number of nitrogens with zero attached hydrogens (tertiary/aromatic N) is 1. The number of methoxy groups -OCH3 is 1. The molecule has 0 aromatic carbocycles. The van der Waals surface area contributed by atoms with Gasteiger partial charge in [-0.3, -0.25) is 9.59 Å². The Morgan fingerprint density at radius 2 is 1.76 bits per heavy atom. The van der Waals surface area contributed by atoms with E-state index in [-0.39, 0.29) is 68.9 Å². The van der Waals surface area contributed by atoms with Gasteiger partial charge in [0.2, 0.25) is 0 Å². The van der Waals surface area contributed by atoms with Gasteiger partial charge in [0, 0.05) is 17.3 Å². The Morgan fingerprint density at radius 3 is 2.38 bits per heavy atom. The second-order valence-electron chi connectivity index (χ2n) is 14.5. The highest BCUT2D eigenvalue weighted by Gasteiger charge is 2.69. The van der Waals surface area contributed by atoms with E-state index in [1.165, 1.54) is 7.11 Å². The first-order valence-electron chi connectivity index (χ1n) is 14.0. The number of aliphatic hydroxyl groups is 2. The highest BCUT2D eigenvalue weighted by atomic mass is 16.5. The number of esters is 1. The minimum absolute atomic E-state index is 0.0564. The summed E-state index contributed by atoms with van der Waals surface area (Å²) in [7, 11) is 1.47. The molecule has 0 radical (unpaired) electrons. The number of rotatable bonds is 1.